The first-order valence-electron chi connectivity index (χ1n) is 9.87. The topological polar surface area (TPSA) is 40.5 Å². The van der Waals surface area contributed by atoms with Crippen molar-refractivity contribution in [2.75, 3.05) is 7.05 Å². The summed E-state index contributed by atoms with van der Waals surface area (Å²) in [5, 5.41) is 9.18. The summed E-state index contributed by atoms with van der Waals surface area (Å²) in [7, 11) is 2.03. The highest BCUT2D eigenvalue weighted by Crippen LogP contribution is 2.41. The lowest BCUT2D eigenvalue weighted by molar-refractivity contribution is -0.139. The van der Waals surface area contributed by atoms with E-state index in [0.717, 1.165) is 37.1 Å². The van der Waals surface area contributed by atoms with Crippen molar-refractivity contribution < 1.29 is 23.1 Å². The van der Waals surface area contributed by atoms with E-state index >= 15 is 0 Å². The predicted molar refractivity (Wildman–Crippen MR) is 105 cm³/mol. The minimum Gasteiger partial charge on any atom is -0.481 e. The largest absolute Gasteiger partial charge is 0.481 e. The summed E-state index contributed by atoms with van der Waals surface area (Å²) in [5.41, 5.74) is 1.36. The molecule has 2 aromatic rings. The molecule has 1 fully saturated rings. The van der Waals surface area contributed by atoms with Gasteiger partial charge >= 0.3 is 12.1 Å². The van der Waals surface area contributed by atoms with Gasteiger partial charge in [0.25, 0.3) is 0 Å². The average molecular weight is 405 g/mol. The van der Waals surface area contributed by atoms with E-state index in [9.17, 15) is 23.1 Å². The quantitative estimate of drug-likeness (QED) is 0.684. The van der Waals surface area contributed by atoms with Gasteiger partial charge in [0.1, 0.15) is 0 Å². The van der Waals surface area contributed by atoms with Gasteiger partial charge in [0, 0.05) is 19.0 Å². The summed E-state index contributed by atoms with van der Waals surface area (Å²) in [5.74, 6) is -0.775. The van der Waals surface area contributed by atoms with E-state index in [4.69, 9.17) is 0 Å². The van der Waals surface area contributed by atoms with Gasteiger partial charge < -0.3 is 5.11 Å². The van der Waals surface area contributed by atoms with Crippen molar-refractivity contribution in [1.29, 1.82) is 0 Å². The van der Waals surface area contributed by atoms with Gasteiger partial charge in [-0.25, -0.2) is 0 Å². The number of alkyl halides is 3. The number of carbonyl (C=O) groups is 1. The SMILES string of the molecule is CN(Cc1ccccc1)[C@@H]1CCC(CC(=O)O)C[C@H]1c1ccc(C(F)(F)F)cc1. The van der Waals surface area contributed by atoms with Crippen molar-refractivity contribution in [3.05, 3.63) is 71.3 Å². The van der Waals surface area contributed by atoms with E-state index in [-0.39, 0.29) is 24.3 Å². The second-order valence-corrected chi connectivity index (χ2v) is 7.97. The van der Waals surface area contributed by atoms with Crippen LogP contribution in [0.1, 0.15) is 48.3 Å². The molecule has 1 aliphatic rings. The van der Waals surface area contributed by atoms with Crippen molar-refractivity contribution in [3.8, 4) is 0 Å². The molecule has 0 amide bonds. The fourth-order valence-electron chi connectivity index (χ4n) is 4.47. The minimum atomic E-state index is -4.36. The number of carboxylic acids is 1. The van der Waals surface area contributed by atoms with Crippen LogP contribution < -0.4 is 0 Å². The molecule has 3 nitrogen and oxygen atoms in total. The highest BCUT2D eigenvalue weighted by atomic mass is 19.4. The van der Waals surface area contributed by atoms with Crippen LogP contribution in [0.5, 0.6) is 0 Å². The number of benzene rings is 2. The lowest BCUT2D eigenvalue weighted by Gasteiger charge is -2.41. The Bertz CT molecular complexity index is 805. The molecule has 2 aromatic carbocycles. The van der Waals surface area contributed by atoms with E-state index in [1.165, 1.54) is 5.56 Å². The normalized spacial score (nSPS) is 22.6. The van der Waals surface area contributed by atoms with Crippen LogP contribution in [0.4, 0.5) is 13.2 Å². The number of nitrogens with zero attached hydrogens (tertiary/aromatic N) is 1. The maximum atomic E-state index is 12.9. The molecule has 0 spiro atoms. The maximum Gasteiger partial charge on any atom is 0.416 e. The van der Waals surface area contributed by atoms with Gasteiger partial charge in [-0.3, -0.25) is 9.69 Å². The number of rotatable bonds is 6. The van der Waals surface area contributed by atoms with E-state index in [0.29, 0.717) is 6.42 Å². The molecular weight excluding hydrogens is 379 g/mol. The fourth-order valence-corrected chi connectivity index (χ4v) is 4.47. The molecule has 0 radical (unpaired) electrons. The average Bonchev–Trinajstić information content (AvgIpc) is 2.67. The molecule has 3 rings (SSSR count). The molecule has 3 atom stereocenters. The van der Waals surface area contributed by atoms with Gasteiger partial charge in [-0.05, 0) is 61.4 Å². The van der Waals surface area contributed by atoms with E-state index in [1.807, 2.05) is 25.2 Å². The van der Waals surface area contributed by atoms with E-state index in [1.54, 1.807) is 12.1 Å². The van der Waals surface area contributed by atoms with E-state index < -0.39 is 17.7 Å². The number of carboxylic acid groups (broad SMARTS) is 1. The van der Waals surface area contributed by atoms with Gasteiger partial charge in [-0.1, -0.05) is 42.5 Å². The van der Waals surface area contributed by atoms with Crippen molar-refractivity contribution in [3.63, 3.8) is 0 Å². The van der Waals surface area contributed by atoms with Crippen molar-refractivity contribution in [1.82, 2.24) is 4.90 Å². The molecule has 1 unspecified atom stereocenters. The smallest absolute Gasteiger partial charge is 0.416 e. The highest BCUT2D eigenvalue weighted by molar-refractivity contribution is 5.67. The molecule has 6 heteroatoms. The van der Waals surface area contributed by atoms with Crippen LogP contribution >= 0.6 is 0 Å². The Labute approximate surface area is 169 Å². The van der Waals surface area contributed by atoms with Gasteiger partial charge in [0.05, 0.1) is 5.56 Å². The van der Waals surface area contributed by atoms with Gasteiger partial charge in [0.15, 0.2) is 0 Å². The summed E-state index contributed by atoms with van der Waals surface area (Å²) in [6.45, 7) is 0.742. The van der Waals surface area contributed by atoms with Crippen molar-refractivity contribution in [2.45, 2.75) is 50.4 Å². The predicted octanol–water partition coefficient (Wildman–Crippen LogP) is 5.56. The molecule has 156 valence electrons. The lowest BCUT2D eigenvalue weighted by Crippen LogP contribution is -2.40. The third kappa shape index (κ3) is 5.60. The summed E-state index contributed by atoms with van der Waals surface area (Å²) in [6.07, 6.45) is -1.95. The maximum absolute atomic E-state index is 12.9. The zero-order chi connectivity index (χ0) is 21.0. The molecule has 0 aliphatic heterocycles. The second-order valence-electron chi connectivity index (χ2n) is 7.97. The Morgan fingerprint density at radius 1 is 1.07 bits per heavy atom. The lowest BCUT2D eigenvalue weighted by atomic mass is 9.73. The summed E-state index contributed by atoms with van der Waals surface area (Å²) in [4.78, 5) is 13.4. The number of halogens is 3. The molecule has 0 bridgehead atoms. The zero-order valence-electron chi connectivity index (χ0n) is 16.4. The van der Waals surface area contributed by atoms with Crippen LogP contribution in [0.3, 0.4) is 0 Å². The van der Waals surface area contributed by atoms with E-state index in [2.05, 4.69) is 17.0 Å². The first kappa shape index (κ1) is 21.4. The summed E-state index contributed by atoms with van der Waals surface area (Å²) >= 11 is 0. The number of hydrogen-bond donors (Lipinski definition) is 1. The van der Waals surface area contributed by atoms with Crippen molar-refractivity contribution >= 4 is 5.97 Å². The standard InChI is InChI=1S/C23H26F3NO2/c1-27(15-16-5-3-2-4-6-16)21-12-7-17(14-22(28)29)13-20(21)18-8-10-19(11-9-18)23(24,25)26/h2-6,8-11,17,20-21H,7,12-15H2,1H3,(H,28,29)/t17?,20-,21+/m0/s1. The van der Waals surface area contributed by atoms with Crippen LogP contribution in [-0.2, 0) is 17.5 Å². The number of likely N-dealkylation sites (N-methyl/N-ethyl adjacent to an activating group) is 1. The molecule has 0 aromatic heterocycles. The Morgan fingerprint density at radius 3 is 2.31 bits per heavy atom. The Kier molecular flexibility index (Phi) is 6.63. The Balaban J connectivity index is 1.82. The van der Waals surface area contributed by atoms with Gasteiger partial charge in [-0.15, -0.1) is 0 Å². The summed E-state index contributed by atoms with van der Waals surface area (Å²) < 4.78 is 38.8. The zero-order valence-corrected chi connectivity index (χ0v) is 16.4. The monoisotopic (exact) mass is 405 g/mol. The second kappa shape index (κ2) is 8.99. The molecule has 29 heavy (non-hydrogen) atoms. The van der Waals surface area contributed by atoms with Crippen LogP contribution in [0.15, 0.2) is 54.6 Å². The number of hydrogen-bond acceptors (Lipinski definition) is 2. The first-order chi connectivity index (χ1) is 13.7. The van der Waals surface area contributed by atoms with Crippen LogP contribution in [0.2, 0.25) is 0 Å². The molecule has 1 N–H and O–H groups in total. The Hall–Kier alpha value is -2.34. The highest BCUT2D eigenvalue weighted by Gasteiger charge is 2.36. The molecular formula is C23H26F3NO2. The number of aliphatic carboxylic acids is 1. The third-order valence-corrected chi connectivity index (χ3v) is 5.89. The minimum absolute atomic E-state index is 0.00379. The van der Waals surface area contributed by atoms with Crippen LogP contribution in [0.25, 0.3) is 0 Å². The fraction of sp³-hybridized carbons (Fsp3) is 0.435. The molecule has 1 aliphatic carbocycles. The van der Waals surface area contributed by atoms with Crippen molar-refractivity contribution in [2.24, 2.45) is 5.92 Å². The summed E-state index contributed by atoms with van der Waals surface area (Å²) in [6, 6.07) is 15.6. The van der Waals surface area contributed by atoms with Crippen LogP contribution in [-0.4, -0.2) is 29.1 Å². The molecule has 0 heterocycles. The third-order valence-electron chi connectivity index (χ3n) is 5.89. The van der Waals surface area contributed by atoms with Gasteiger partial charge in [-0.2, -0.15) is 13.2 Å². The van der Waals surface area contributed by atoms with Gasteiger partial charge in [0.2, 0.25) is 0 Å². The Morgan fingerprint density at radius 2 is 1.72 bits per heavy atom. The molecule has 0 saturated heterocycles. The first-order valence-corrected chi connectivity index (χ1v) is 9.87. The van der Waals surface area contributed by atoms with Crippen LogP contribution in [0, 0.1) is 5.92 Å². The molecule has 1 saturated carbocycles.